The monoisotopic (exact) mass is 251 g/mol. The summed E-state index contributed by atoms with van der Waals surface area (Å²) in [7, 11) is 0. The minimum absolute atomic E-state index is 0.0615. The molecule has 0 bridgehead atoms. The molecule has 0 spiro atoms. The SMILES string of the molecule is Fc1ccccc1CNCCOCC(F)(F)F. The Balaban J connectivity index is 2.11. The third-order valence-corrected chi connectivity index (χ3v) is 1.96. The van der Waals surface area contributed by atoms with E-state index in [4.69, 9.17) is 0 Å². The number of alkyl halides is 3. The van der Waals surface area contributed by atoms with Crippen molar-refractivity contribution >= 4 is 0 Å². The van der Waals surface area contributed by atoms with E-state index in [9.17, 15) is 17.6 Å². The zero-order valence-electron chi connectivity index (χ0n) is 9.06. The second-order valence-corrected chi connectivity index (χ2v) is 3.44. The van der Waals surface area contributed by atoms with Crippen LogP contribution in [0, 0.1) is 5.82 Å². The van der Waals surface area contributed by atoms with Crippen LogP contribution >= 0.6 is 0 Å². The number of benzene rings is 1. The zero-order valence-corrected chi connectivity index (χ0v) is 9.06. The Morgan fingerprint density at radius 2 is 1.88 bits per heavy atom. The van der Waals surface area contributed by atoms with Gasteiger partial charge in [-0.25, -0.2) is 4.39 Å². The highest BCUT2D eigenvalue weighted by atomic mass is 19.4. The average molecular weight is 251 g/mol. The first-order chi connectivity index (χ1) is 7.99. The summed E-state index contributed by atoms with van der Waals surface area (Å²) in [5.41, 5.74) is 0.475. The maximum absolute atomic E-state index is 13.1. The van der Waals surface area contributed by atoms with Crippen molar-refractivity contribution in [3.8, 4) is 0 Å². The van der Waals surface area contributed by atoms with Gasteiger partial charge in [-0.15, -0.1) is 0 Å². The van der Waals surface area contributed by atoms with Crippen LogP contribution in [0.4, 0.5) is 17.6 Å². The van der Waals surface area contributed by atoms with E-state index in [0.717, 1.165) is 0 Å². The molecular formula is C11H13F4NO. The van der Waals surface area contributed by atoms with Crippen LogP contribution in [0.15, 0.2) is 24.3 Å². The first-order valence-corrected chi connectivity index (χ1v) is 5.07. The van der Waals surface area contributed by atoms with Gasteiger partial charge < -0.3 is 10.1 Å². The van der Waals surface area contributed by atoms with Crippen molar-refractivity contribution in [1.29, 1.82) is 0 Å². The van der Waals surface area contributed by atoms with Gasteiger partial charge in [-0.1, -0.05) is 18.2 Å². The number of rotatable bonds is 6. The summed E-state index contributed by atoms with van der Waals surface area (Å²) < 4.78 is 52.5. The summed E-state index contributed by atoms with van der Waals surface area (Å²) in [4.78, 5) is 0. The van der Waals surface area contributed by atoms with Crippen molar-refractivity contribution in [2.75, 3.05) is 19.8 Å². The lowest BCUT2D eigenvalue weighted by Crippen LogP contribution is -2.23. The summed E-state index contributed by atoms with van der Waals surface area (Å²) in [6.07, 6.45) is -4.30. The van der Waals surface area contributed by atoms with Crippen LogP contribution in [-0.2, 0) is 11.3 Å². The predicted molar refractivity (Wildman–Crippen MR) is 55.0 cm³/mol. The predicted octanol–water partition coefficient (Wildman–Crippen LogP) is 2.49. The van der Waals surface area contributed by atoms with Gasteiger partial charge in [0.25, 0.3) is 0 Å². The van der Waals surface area contributed by atoms with Gasteiger partial charge in [0, 0.05) is 18.7 Å². The van der Waals surface area contributed by atoms with E-state index in [1.54, 1.807) is 18.2 Å². The summed E-state index contributed by atoms with van der Waals surface area (Å²) in [6, 6.07) is 6.21. The first kappa shape index (κ1) is 13.9. The van der Waals surface area contributed by atoms with E-state index < -0.39 is 12.8 Å². The van der Waals surface area contributed by atoms with Gasteiger partial charge >= 0.3 is 6.18 Å². The van der Waals surface area contributed by atoms with Crippen molar-refractivity contribution in [3.63, 3.8) is 0 Å². The number of nitrogens with one attached hydrogen (secondary N) is 1. The minimum Gasteiger partial charge on any atom is -0.371 e. The van der Waals surface area contributed by atoms with E-state index in [0.29, 0.717) is 5.56 Å². The van der Waals surface area contributed by atoms with Gasteiger partial charge in [-0.2, -0.15) is 13.2 Å². The molecule has 0 heterocycles. The molecule has 0 radical (unpaired) electrons. The van der Waals surface area contributed by atoms with Crippen molar-refractivity contribution < 1.29 is 22.3 Å². The zero-order chi connectivity index (χ0) is 12.7. The summed E-state index contributed by atoms with van der Waals surface area (Å²) in [6.45, 7) is -0.811. The van der Waals surface area contributed by atoms with Gasteiger partial charge in [0.1, 0.15) is 12.4 Å². The van der Waals surface area contributed by atoms with E-state index in [-0.39, 0.29) is 25.5 Å². The van der Waals surface area contributed by atoms with Crippen LogP contribution in [0.25, 0.3) is 0 Å². The molecule has 96 valence electrons. The Morgan fingerprint density at radius 1 is 1.18 bits per heavy atom. The van der Waals surface area contributed by atoms with Crippen LogP contribution < -0.4 is 5.32 Å². The van der Waals surface area contributed by atoms with Crippen LogP contribution in [0.5, 0.6) is 0 Å². The molecule has 0 amide bonds. The molecule has 1 rings (SSSR count). The van der Waals surface area contributed by atoms with Crippen molar-refractivity contribution in [1.82, 2.24) is 5.32 Å². The Kier molecular flexibility index (Phi) is 5.37. The molecule has 0 fully saturated rings. The lowest BCUT2D eigenvalue weighted by Gasteiger charge is -2.08. The van der Waals surface area contributed by atoms with Gasteiger partial charge in [-0.3, -0.25) is 0 Å². The number of hydrogen-bond acceptors (Lipinski definition) is 2. The molecule has 1 N–H and O–H groups in total. The highest BCUT2D eigenvalue weighted by Crippen LogP contribution is 2.13. The highest BCUT2D eigenvalue weighted by Gasteiger charge is 2.27. The van der Waals surface area contributed by atoms with Crippen molar-refractivity contribution in [2.24, 2.45) is 0 Å². The second kappa shape index (κ2) is 6.56. The Morgan fingerprint density at radius 3 is 2.53 bits per heavy atom. The second-order valence-electron chi connectivity index (χ2n) is 3.44. The van der Waals surface area contributed by atoms with Crippen LogP contribution in [0.3, 0.4) is 0 Å². The minimum atomic E-state index is -4.30. The van der Waals surface area contributed by atoms with Crippen molar-refractivity contribution in [3.05, 3.63) is 35.6 Å². The van der Waals surface area contributed by atoms with Gasteiger partial charge in [-0.05, 0) is 6.07 Å². The standard InChI is InChI=1S/C11H13F4NO/c12-10-4-2-1-3-9(10)7-16-5-6-17-8-11(13,14)15/h1-4,16H,5-8H2. The molecular weight excluding hydrogens is 238 g/mol. The summed E-state index contributed by atoms with van der Waals surface area (Å²) >= 11 is 0. The molecule has 1 aromatic carbocycles. The third kappa shape index (κ3) is 6.23. The Labute approximate surface area is 96.6 Å². The van der Waals surface area contributed by atoms with E-state index in [1.807, 2.05) is 0 Å². The molecule has 17 heavy (non-hydrogen) atoms. The van der Waals surface area contributed by atoms with Gasteiger partial charge in [0.2, 0.25) is 0 Å². The Bertz CT molecular complexity index is 340. The van der Waals surface area contributed by atoms with Crippen LogP contribution in [-0.4, -0.2) is 25.9 Å². The fraction of sp³-hybridized carbons (Fsp3) is 0.455. The maximum Gasteiger partial charge on any atom is 0.411 e. The van der Waals surface area contributed by atoms with E-state index in [2.05, 4.69) is 10.1 Å². The fourth-order valence-electron chi connectivity index (χ4n) is 1.20. The normalized spacial score (nSPS) is 11.8. The van der Waals surface area contributed by atoms with Crippen LogP contribution in [0.2, 0.25) is 0 Å². The van der Waals surface area contributed by atoms with E-state index in [1.165, 1.54) is 6.07 Å². The maximum atomic E-state index is 13.1. The molecule has 0 aliphatic rings. The molecule has 6 heteroatoms. The molecule has 0 atom stereocenters. The lowest BCUT2D eigenvalue weighted by molar-refractivity contribution is -0.173. The topological polar surface area (TPSA) is 21.3 Å². The number of halogens is 4. The molecule has 0 aliphatic heterocycles. The lowest BCUT2D eigenvalue weighted by atomic mass is 10.2. The molecule has 0 saturated heterocycles. The molecule has 0 aliphatic carbocycles. The Hall–Kier alpha value is -1.14. The fourth-order valence-corrected chi connectivity index (χ4v) is 1.20. The first-order valence-electron chi connectivity index (χ1n) is 5.07. The highest BCUT2D eigenvalue weighted by molar-refractivity contribution is 5.16. The quantitative estimate of drug-likeness (QED) is 0.619. The molecule has 0 unspecified atom stereocenters. The van der Waals surface area contributed by atoms with E-state index >= 15 is 0 Å². The molecule has 0 saturated carbocycles. The van der Waals surface area contributed by atoms with Gasteiger partial charge in [0.05, 0.1) is 6.61 Å². The molecule has 0 aromatic heterocycles. The largest absolute Gasteiger partial charge is 0.411 e. The molecule has 2 nitrogen and oxygen atoms in total. The summed E-state index contributed by atoms with van der Waals surface area (Å²) in [5.74, 6) is -0.337. The van der Waals surface area contributed by atoms with Gasteiger partial charge in [0.15, 0.2) is 0 Å². The van der Waals surface area contributed by atoms with Crippen molar-refractivity contribution in [2.45, 2.75) is 12.7 Å². The number of hydrogen-bond donors (Lipinski definition) is 1. The number of ether oxygens (including phenoxy) is 1. The third-order valence-electron chi connectivity index (χ3n) is 1.96. The molecule has 1 aromatic rings. The smallest absolute Gasteiger partial charge is 0.371 e. The average Bonchev–Trinajstić information content (AvgIpc) is 2.24. The summed E-state index contributed by atoms with van der Waals surface area (Å²) in [5, 5.41) is 2.80. The van der Waals surface area contributed by atoms with Crippen LogP contribution in [0.1, 0.15) is 5.56 Å².